The van der Waals surface area contributed by atoms with Gasteiger partial charge in [-0.1, -0.05) is 41.5 Å². The van der Waals surface area contributed by atoms with Gasteiger partial charge < -0.3 is 0 Å². The molecule has 0 aliphatic carbocycles. The van der Waals surface area contributed by atoms with Gasteiger partial charge in [-0.15, -0.1) is 0 Å². The zero-order valence-electron chi connectivity index (χ0n) is 18.1. The topological polar surface area (TPSA) is 58.9 Å². The van der Waals surface area contributed by atoms with Crippen LogP contribution in [0.15, 0.2) is 10.2 Å². The molecule has 0 radical (unpaired) electrons. The van der Waals surface area contributed by atoms with Gasteiger partial charge in [0.2, 0.25) is 0 Å². The Morgan fingerprint density at radius 1 is 0.615 bits per heavy atom. The highest BCUT2D eigenvalue weighted by atomic mass is 16.1. The Bertz CT molecular complexity index is 378. The van der Waals surface area contributed by atoms with Gasteiger partial charge in [0.15, 0.2) is 0 Å². The molecule has 0 spiro atoms. The zero-order chi connectivity index (χ0) is 19.9. The minimum Gasteiger partial charge on any atom is -0.299 e. The van der Waals surface area contributed by atoms with Gasteiger partial charge in [-0.2, -0.15) is 10.2 Å². The predicted molar refractivity (Wildman–Crippen MR) is 110 cm³/mol. The minimum atomic E-state index is 0.183. The first-order valence-electron chi connectivity index (χ1n) is 10.6. The van der Waals surface area contributed by atoms with Gasteiger partial charge in [0, 0.05) is 24.7 Å². The summed E-state index contributed by atoms with van der Waals surface area (Å²) in [6, 6.07) is 0. The Balaban J connectivity index is 3.60. The number of hydrogen-bond donors (Lipinski definition) is 0. The molecule has 0 bridgehead atoms. The number of nitrogens with zero attached hydrogens (tertiary/aromatic N) is 2. The number of Topliss-reactive ketones (excluding diaryl/α,β-unsaturated/α-hetero) is 2. The molecule has 0 N–H and O–H groups in total. The molecule has 0 saturated carbocycles. The second-order valence-corrected chi connectivity index (χ2v) is 8.64. The van der Waals surface area contributed by atoms with Gasteiger partial charge in [0.1, 0.15) is 11.6 Å². The first-order chi connectivity index (χ1) is 12.2. The third kappa shape index (κ3) is 14.1. The lowest BCUT2D eigenvalue weighted by atomic mass is 9.92. The standard InChI is InChI=1S/C22H42N2O2/c1-17(2)15-19(5)21(25)11-7-9-13-23-24-14-10-8-12-22(26)20(6)16-18(3)4/h17-20H,7-16H2,1-6H3. The van der Waals surface area contributed by atoms with Crippen molar-refractivity contribution in [3.8, 4) is 0 Å². The summed E-state index contributed by atoms with van der Waals surface area (Å²) in [5.74, 6) is 2.29. The molecule has 2 atom stereocenters. The molecular weight excluding hydrogens is 324 g/mol. The number of carbonyl (C=O) groups is 2. The molecule has 4 heteroatoms. The van der Waals surface area contributed by atoms with Crippen molar-refractivity contribution in [2.45, 2.75) is 92.9 Å². The van der Waals surface area contributed by atoms with E-state index in [0.717, 1.165) is 38.5 Å². The molecule has 4 nitrogen and oxygen atoms in total. The van der Waals surface area contributed by atoms with E-state index >= 15 is 0 Å². The Hall–Kier alpha value is -1.06. The van der Waals surface area contributed by atoms with Crippen LogP contribution in [0.3, 0.4) is 0 Å². The molecule has 0 aliphatic heterocycles. The molecule has 0 amide bonds. The van der Waals surface area contributed by atoms with E-state index in [2.05, 4.69) is 37.9 Å². The highest BCUT2D eigenvalue weighted by Gasteiger charge is 2.14. The third-order valence-electron chi connectivity index (χ3n) is 4.71. The Morgan fingerprint density at radius 3 is 1.27 bits per heavy atom. The number of azo groups is 1. The van der Waals surface area contributed by atoms with Crippen LogP contribution in [0.1, 0.15) is 92.9 Å². The fourth-order valence-electron chi connectivity index (χ4n) is 3.27. The van der Waals surface area contributed by atoms with Crippen molar-refractivity contribution >= 4 is 11.6 Å². The molecule has 26 heavy (non-hydrogen) atoms. The summed E-state index contributed by atoms with van der Waals surface area (Å²) >= 11 is 0. The highest BCUT2D eigenvalue weighted by molar-refractivity contribution is 5.80. The van der Waals surface area contributed by atoms with Crippen LogP contribution in [0, 0.1) is 23.7 Å². The van der Waals surface area contributed by atoms with Crippen LogP contribution in [-0.2, 0) is 9.59 Å². The SMILES string of the molecule is CC(C)CC(C)C(=O)CCCCN=NCCCCC(=O)C(C)CC(C)C. The van der Waals surface area contributed by atoms with Crippen LogP contribution >= 0.6 is 0 Å². The van der Waals surface area contributed by atoms with Crippen molar-refractivity contribution in [1.29, 1.82) is 0 Å². The number of carbonyl (C=O) groups excluding carboxylic acids is 2. The lowest BCUT2D eigenvalue weighted by Gasteiger charge is -2.12. The summed E-state index contributed by atoms with van der Waals surface area (Å²) in [4.78, 5) is 23.9. The zero-order valence-corrected chi connectivity index (χ0v) is 18.1. The van der Waals surface area contributed by atoms with Gasteiger partial charge in [-0.05, 0) is 50.4 Å². The van der Waals surface area contributed by atoms with Gasteiger partial charge in [0.25, 0.3) is 0 Å². The monoisotopic (exact) mass is 366 g/mol. The second-order valence-electron chi connectivity index (χ2n) is 8.64. The maximum absolute atomic E-state index is 12.0. The van der Waals surface area contributed by atoms with E-state index in [1.165, 1.54) is 0 Å². The van der Waals surface area contributed by atoms with Crippen molar-refractivity contribution in [3.63, 3.8) is 0 Å². The van der Waals surface area contributed by atoms with Gasteiger partial charge in [0.05, 0.1) is 13.1 Å². The van der Waals surface area contributed by atoms with Crippen LogP contribution < -0.4 is 0 Å². The molecule has 0 aromatic rings. The summed E-state index contributed by atoms with van der Waals surface area (Å²) in [7, 11) is 0. The van der Waals surface area contributed by atoms with Crippen LogP contribution in [0.25, 0.3) is 0 Å². The van der Waals surface area contributed by atoms with Gasteiger partial charge in [-0.3, -0.25) is 9.59 Å². The normalized spacial score (nSPS) is 14.3. The summed E-state index contributed by atoms with van der Waals surface area (Å²) in [5.41, 5.74) is 0. The molecule has 0 fully saturated rings. The van der Waals surface area contributed by atoms with E-state index in [1.54, 1.807) is 0 Å². The van der Waals surface area contributed by atoms with E-state index in [4.69, 9.17) is 0 Å². The molecular formula is C22H42N2O2. The fraction of sp³-hybridized carbons (Fsp3) is 0.909. The molecule has 0 heterocycles. The minimum absolute atomic E-state index is 0.183. The van der Waals surface area contributed by atoms with Crippen LogP contribution in [0.4, 0.5) is 0 Å². The van der Waals surface area contributed by atoms with E-state index in [0.29, 0.717) is 49.3 Å². The molecule has 0 saturated heterocycles. The molecule has 152 valence electrons. The molecule has 0 aromatic carbocycles. The third-order valence-corrected chi connectivity index (χ3v) is 4.71. The van der Waals surface area contributed by atoms with Crippen molar-refractivity contribution in [2.24, 2.45) is 33.9 Å². The van der Waals surface area contributed by atoms with Crippen molar-refractivity contribution < 1.29 is 9.59 Å². The maximum atomic E-state index is 12.0. The smallest absolute Gasteiger partial charge is 0.135 e. The van der Waals surface area contributed by atoms with Gasteiger partial charge >= 0.3 is 0 Å². The van der Waals surface area contributed by atoms with E-state index in [1.807, 2.05) is 13.8 Å². The number of unbranched alkanes of at least 4 members (excludes halogenated alkanes) is 2. The lowest BCUT2D eigenvalue weighted by Crippen LogP contribution is -2.13. The molecule has 0 aromatic heterocycles. The lowest BCUT2D eigenvalue weighted by molar-refractivity contribution is -0.123. The summed E-state index contributed by atoms with van der Waals surface area (Å²) < 4.78 is 0. The quantitative estimate of drug-likeness (QED) is 0.238. The average Bonchev–Trinajstić information content (AvgIpc) is 2.54. The predicted octanol–water partition coefficient (Wildman–Crippen LogP) is 6.28. The summed E-state index contributed by atoms with van der Waals surface area (Å²) in [5, 5.41) is 8.36. The van der Waals surface area contributed by atoms with Crippen molar-refractivity contribution in [2.75, 3.05) is 13.1 Å². The van der Waals surface area contributed by atoms with E-state index in [-0.39, 0.29) is 11.8 Å². The second kappa shape index (κ2) is 15.0. The summed E-state index contributed by atoms with van der Waals surface area (Å²) in [6.45, 7) is 14.1. The van der Waals surface area contributed by atoms with E-state index < -0.39 is 0 Å². The fourth-order valence-corrected chi connectivity index (χ4v) is 3.27. The molecule has 2 unspecified atom stereocenters. The van der Waals surface area contributed by atoms with Crippen LogP contribution in [0.5, 0.6) is 0 Å². The van der Waals surface area contributed by atoms with Crippen molar-refractivity contribution in [1.82, 2.24) is 0 Å². The Kier molecular flexibility index (Phi) is 14.4. The Morgan fingerprint density at radius 2 is 0.962 bits per heavy atom. The van der Waals surface area contributed by atoms with Crippen LogP contribution in [-0.4, -0.2) is 24.7 Å². The first kappa shape index (κ1) is 24.9. The van der Waals surface area contributed by atoms with Crippen LogP contribution in [0.2, 0.25) is 0 Å². The first-order valence-corrected chi connectivity index (χ1v) is 10.6. The largest absolute Gasteiger partial charge is 0.299 e. The van der Waals surface area contributed by atoms with Crippen molar-refractivity contribution in [3.05, 3.63) is 0 Å². The number of ketones is 2. The highest BCUT2D eigenvalue weighted by Crippen LogP contribution is 2.16. The molecule has 0 aliphatic rings. The summed E-state index contributed by atoms with van der Waals surface area (Å²) in [6.07, 6.45) is 6.96. The Labute approximate surface area is 161 Å². The van der Waals surface area contributed by atoms with Gasteiger partial charge in [-0.25, -0.2) is 0 Å². The number of rotatable bonds is 16. The van der Waals surface area contributed by atoms with E-state index in [9.17, 15) is 9.59 Å². The molecule has 0 rings (SSSR count). The number of hydrogen-bond acceptors (Lipinski definition) is 4. The maximum Gasteiger partial charge on any atom is 0.135 e. The average molecular weight is 367 g/mol.